The summed E-state index contributed by atoms with van der Waals surface area (Å²) in [5.74, 6) is -0.291. The van der Waals surface area contributed by atoms with Crippen molar-refractivity contribution in [2.45, 2.75) is 32.4 Å². The molecule has 110 valence electrons. The third-order valence-corrected chi connectivity index (χ3v) is 3.25. The van der Waals surface area contributed by atoms with Crippen molar-refractivity contribution in [1.82, 2.24) is 5.32 Å². The average molecular weight is 279 g/mol. The lowest BCUT2D eigenvalue weighted by molar-refractivity contribution is 0.0318. The van der Waals surface area contributed by atoms with Gasteiger partial charge in [-0.3, -0.25) is 4.79 Å². The van der Waals surface area contributed by atoms with Gasteiger partial charge < -0.3 is 19.9 Å². The molecule has 2 unspecified atom stereocenters. The Bertz CT molecular complexity index is 469. The zero-order chi connectivity index (χ0) is 14.5. The van der Waals surface area contributed by atoms with E-state index in [1.165, 1.54) is 0 Å². The van der Waals surface area contributed by atoms with Gasteiger partial charge >= 0.3 is 0 Å². The van der Waals surface area contributed by atoms with Crippen LogP contribution >= 0.6 is 0 Å². The van der Waals surface area contributed by atoms with E-state index in [4.69, 9.17) is 9.47 Å². The fourth-order valence-electron chi connectivity index (χ4n) is 2.10. The van der Waals surface area contributed by atoms with Gasteiger partial charge in [-0.05, 0) is 38.0 Å². The zero-order valence-corrected chi connectivity index (χ0v) is 11.9. The van der Waals surface area contributed by atoms with Gasteiger partial charge in [0, 0.05) is 12.6 Å². The Morgan fingerprint density at radius 3 is 3.05 bits per heavy atom. The molecule has 0 spiro atoms. The van der Waals surface area contributed by atoms with Gasteiger partial charge in [0.15, 0.2) is 0 Å². The smallest absolute Gasteiger partial charge is 0.255 e. The van der Waals surface area contributed by atoms with Crippen molar-refractivity contribution in [3.8, 4) is 5.75 Å². The lowest BCUT2D eigenvalue weighted by Gasteiger charge is -2.17. The molecule has 2 N–H and O–H groups in total. The second-order valence-electron chi connectivity index (χ2n) is 5.21. The molecule has 1 fully saturated rings. The standard InChI is InChI=1S/C15H21NO4/c1-10-3-4-13(14(17)7-10)15(18)16-11(2)8-20-12-5-6-19-9-12/h3-4,7,11-12,17H,5-6,8-9H2,1-2H3,(H,16,18). The maximum Gasteiger partial charge on any atom is 0.255 e. The van der Waals surface area contributed by atoms with Crippen molar-refractivity contribution >= 4 is 5.91 Å². The van der Waals surface area contributed by atoms with Crippen LogP contribution in [0.1, 0.15) is 29.3 Å². The first-order valence-corrected chi connectivity index (χ1v) is 6.86. The van der Waals surface area contributed by atoms with E-state index in [9.17, 15) is 9.90 Å². The molecule has 0 bridgehead atoms. The fourth-order valence-corrected chi connectivity index (χ4v) is 2.10. The number of rotatable bonds is 5. The highest BCUT2D eigenvalue weighted by Crippen LogP contribution is 2.18. The molecule has 0 aromatic heterocycles. The quantitative estimate of drug-likeness (QED) is 0.859. The Morgan fingerprint density at radius 2 is 2.40 bits per heavy atom. The molecule has 2 atom stereocenters. The first-order chi connectivity index (χ1) is 9.56. The third kappa shape index (κ3) is 3.95. The van der Waals surface area contributed by atoms with Crippen LogP contribution in [-0.4, -0.2) is 43.0 Å². The summed E-state index contributed by atoms with van der Waals surface area (Å²) in [6.45, 7) is 5.54. The fraction of sp³-hybridized carbons (Fsp3) is 0.533. The number of amides is 1. The number of carbonyl (C=O) groups is 1. The Hall–Kier alpha value is -1.59. The number of phenols is 1. The summed E-state index contributed by atoms with van der Waals surface area (Å²) in [7, 11) is 0. The molecule has 0 aliphatic carbocycles. The maximum atomic E-state index is 12.0. The summed E-state index contributed by atoms with van der Waals surface area (Å²) in [5, 5.41) is 12.6. The minimum Gasteiger partial charge on any atom is -0.507 e. The van der Waals surface area contributed by atoms with Gasteiger partial charge in [0.25, 0.3) is 5.91 Å². The average Bonchev–Trinajstić information content (AvgIpc) is 2.89. The lowest BCUT2D eigenvalue weighted by atomic mass is 10.1. The van der Waals surface area contributed by atoms with Crippen LogP contribution in [0.4, 0.5) is 0 Å². The zero-order valence-electron chi connectivity index (χ0n) is 11.9. The summed E-state index contributed by atoms with van der Waals surface area (Å²) in [6.07, 6.45) is 1.03. The molecule has 1 aliphatic heterocycles. The van der Waals surface area contributed by atoms with Crippen molar-refractivity contribution in [2.75, 3.05) is 19.8 Å². The van der Waals surface area contributed by atoms with E-state index in [1.54, 1.807) is 18.2 Å². The summed E-state index contributed by atoms with van der Waals surface area (Å²) < 4.78 is 10.9. The molecule has 0 radical (unpaired) electrons. The molecular weight excluding hydrogens is 258 g/mol. The highest BCUT2D eigenvalue weighted by molar-refractivity contribution is 5.97. The van der Waals surface area contributed by atoms with E-state index in [2.05, 4.69) is 5.32 Å². The van der Waals surface area contributed by atoms with Crippen molar-refractivity contribution in [3.05, 3.63) is 29.3 Å². The normalized spacial score (nSPS) is 19.8. The number of ether oxygens (including phenoxy) is 2. The second-order valence-corrected chi connectivity index (χ2v) is 5.21. The predicted molar refractivity (Wildman–Crippen MR) is 74.9 cm³/mol. The second kappa shape index (κ2) is 6.72. The predicted octanol–water partition coefficient (Wildman–Crippen LogP) is 1.62. The van der Waals surface area contributed by atoms with E-state index < -0.39 is 0 Å². The van der Waals surface area contributed by atoms with Gasteiger partial charge in [-0.1, -0.05) is 6.07 Å². The minimum absolute atomic E-state index is 0.000175. The highest BCUT2D eigenvalue weighted by atomic mass is 16.5. The van der Waals surface area contributed by atoms with E-state index in [-0.39, 0.29) is 29.4 Å². The molecule has 0 saturated carbocycles. The van der Waals surface area contributed by atoms with Crippen molar-refractivity contribution in [1.29, 1.82) is 0 Å². The third-order valence-electron chi connectivity index (χ3n) is 3.25. The maximum absolute atomic E-state index is 12.0. The molecule has 20 heavy (non-hydrogen) atoms. The molecule has 1 heterocycles. The Balaban J connectivity index is 1.83. The van der Waals surface area contributed by atoms with Crippen molar-refractivity contribution in [3.63, 3.8) is 0 Å². The van der Waals surface area contributed by atoms with Crippen LogP contribution in [-0.2, 0) is 9.47 Å². The number of aromatic hydroxyl groups is 1. The number of phenolic OH excluding ortho intramolecular Hbond substituents is 1. The molecule has 1 aromatic rings. The lowest BCUT2D eigenvalue weighted by Crippen LogP contribution is -2.37. The van der Waals surface area contributed by atoms with Crippen LogP contribution in [0.15, 0.2) is 18.2 Å². The van der Waals surface area contributed by atoms with Gasteiger partial charge in [0.05, 0.1) is 24.9 Å². The van der Waals surface area contributed by atoms with Crippen molar-refractivity contribution < 1.29 is 19.4 Å². The Morgan fingerprint density at radius 1 is 1.60 bits per heavy atom. The first-order valence-electron chi connectivity index (χ1n) is 6.86. The van der Waals surface area contributed by atoms with Crippen LogP contribution < -0.4 is 5.32 Å². The van der Waals surface area contributed by atoms with Crippen LogP contribution in [0.2, 0.25) is 0 Å². The van der Waals surface area contributed by atoms with Gasteiger partial charge in [-0.15, -0.1) is 0 Å². The number of hydrogen-bond donors (Lipinski definition) is 2. The Kier molecular flexibility index (Phi) is 4.98. The van der Waals surface area contributed by atoms with Gasteiger partial charge in [0.2, 0.25) is 0 Å². The summed E-state index contributed by atoms with van der Waals surface area (Å²) in [6, 6.07) is 4.87. The molecule has 2 rings (SSSR count). The molecule has 5 nitrogen and oxygen atoms in total. The number of carbonyl (C=O) groups excluding carboxylic acids is 1. The number of benzene rings is 1. The summed E-state index contributed by atoms with van der Waals surface area (Å²) >= 11 is 0. The molecular formula is C15H21NO4. The minimum atomic E-state index is -0.290. The number of aryl methyl sites for hydroxylation is 1. The van der Waals surface area contributed by atoms with Gasteiger partial charge in [-0.2, -0.15) is 0 Å². The van der Waals surface area contributed by atoms with Crippen molar-refractivity contribution in [2.24, 2.45) is 0 Å². The van der Waals surface area contributed by atoms with E-state index in [0.717, 1.165) is 18.6 Å². The first kappa shape index (κ1) is 14.8. The molecule has 1 aliphatic rings. The van der Waals surface area contributed by atoms with Gasteiger partial charge in [0.1, 0.15) is 5.75 Å². The largest absolute Gasteiger partial charge is 0.507 e. The highest BCUT2D eigenvalue weighted by Gasteiger charge is 2.18. The topological polar surface area (TPSA) is 67.8 Å². The van der Waals surface area contributed by atoms with Crippen LogP contribution in [0, 0.1) is 6.92 Å². The van der Waals surface area contributed by atoms with E-state index in [0.29, 0.717) is 13.2 Å². The number of hydrogen-bond acceptors (Lipinski definition) is 4. The van der Waals surface area contributed by atoms with Crippen LogP contribution in [0.5, 0.6) is 5.75 Å². The molecule has 1 aromatic carbocycles. The number of nitrogens with one attached hydrogen (secondary N) is 1. The summed E-state index contributed by atoms with van der Waals surface area (Å²) in [5.41, 5.74) is 1.20. The Labute approximate surface area is 118 Å². The SMILES string of the molecule is Cc1ccc(C(=O)NC(C)COC2CCOC2)c(O)c1. The van der Waals surface area contributed by atoms with E-state index in [1.807, 2.05) is 13.8 Å². The van der Waals surface area contributed by atoms with Gasteiger partial charge in [-0.25, -0.2) is 0 Å². The van der Waals surface area contributed by atoms with Crippen LogP contribution in [0.25, 0.3) is 0 Å². The molecule has 1 saturated heterocycles. The molecule has 1 amide bonds. The molecule has 5 heteroatoms. The summed E-state index contributed by atoms with van der Waals surface area (Å²) in [4.78, 5) is 12.0. The van der Waals surface area contributed by atoms with E-state index >= 15 is 0 Å². The monoisotopic (exact) mass is 279 g/mol. The van der Waals surface area contributed by atoms with Crippen LogP contribution in [0.3, 0.4) is 0 Å².